The van der Waals surface area contributed by atoms with E-state index >= 15 is 0 Å². The van der Waals surface area contributed by atoms with E-state index in [4.69, 9.17) is 5.11 Å². The Morgan fingerprint density at radius 1 is 1.26 bits per heavy atom. The predicted molar refractivity (Wildman–Crippen MR) is 71.7 cm³/mol. The molecule has 1 aliphatic carbocycles. The van der Waals surface area contributed by atoms with Gasteiger partial charge in [0.15, 0.2) is 0 Å². The first-order valence-electron chi connectivity index (χ1n) is 7.32. The van der Waals surface area contributed by atoms with Crippen molar-refractivity contribution in [3.05, 3.63) is 0 Å². The third-order valence-corrected chi connectivity index (χ3v) is 4.49. The molecule has 2 aliphatic rings. The van der Waals surface area contributed by atoms with Crippen LogP contribution in [-0.4, -0.2) is 47.6 Å². The third-order valence-electron chi connectivity index (χ3n) is 4.49. The summed E-state index contributed by atoms with van der Waals surface area (Å²) in [6.07, 6.45) is 4.34. The number of amides is 1. The van der Waals surface area contributed by atoms with Crippen LogP contribution in [0, 0.1) is 11.8 Å². The molecule has 1 heterocycles. The average Bonchev–Trinajstić information content (AvgIpc) is 3.05. The zero-order chi connectivity index (χ0) is 13.8. The molecule has 3 atom stereocenters. The number of carboxylic acid groups (broad SMARTS) is 1. The van der Waals surface area contributed by atoms with Crippen LogP contribution < -0.4 is 5.32 Å². The van der Waals surface area contributed by atoms with Gasteiger partial charge < -0.3 is 10.4 Å². The summed E-state index contributed by atoms with van der Waals surface area (Å²) in [5.41, 5.74) is 0. The van der Waals surface area contributed by atoms with Gasteiger partial charge in [-0.2, -0.15) is 0 Å². The van der Waals surface area contributed by atoms with E-state index in [-0.39, 0.29) is 17.7 Å². The summed E-state index contributed by atoms with van der Waals surface area (Å²) in [5.74, 6) is -1.16. The molecule has 0 aromatic rings. The Bertz CT molecular complexity index is 340. The summed E-state index contributed by atoms with van der Waals surface area (Å²) >= 11 is 0. The van der Waals surface area contributed by atoms with E-state index in [9.17, 15) is 9.59 Å². The molecule has 5 heteroatoms. The van der Waals surface area contributed by atoms with E-state index in [0.29, 0.717) is 31.8 Å². The van der Waals surface area contributed by atoms with Gasteiger partial charge in [-0.3, -0.25) is 14.5 Å². The Kier molecular flexibility index (Phi) is 4.80. The molecule has 1 saturated heterocycles. The second kappa shape index (κ2) is 6.37. The lowest BCUT2D eigenvalue weighted by atomic mass is 10.0. The van der Waals surface area contributed by atoms with Gasteiger partial charge in [-0.15, -0.1) is 0 Å². The highest BCUT2D eigenvalue weighted by Gasteiger charge is 2.33. The van der Waals surface area contributed by atoms with Gasteiger partial charge in [0.25, 0.3) is 0 Å². The number of carbonyl (C=O) groups is 2. The second-order valence-electron chi connectivity index (χ2n) is 5.88. The number of hydrogen-bond acceptors (Lipinski definition) is 3. The Morgan fingerprint density at radius 3 is 2.47 bits per heavy atom. The summed E-state index contributed by atoms with van der Waals surface area (Å²) in [6, 6.07) is 0.378. The molecule has 2 N–H and O–H groups in total. The predicted octanol–water partition coefficient (Wildman–Crippen LogP) is 1.09. The molecule has 19 heavy (non-hydrogen) atoms. The van der Waals surface area contributed by atoms with E-state index in [0.717, 1.165) is 13.1 Å². The molecule has 0 bridgehead atoms. The van der Waals surface area contributed by atoms with Crippen molar-refractivity contribution >= 4 is 11.9 Å². The lowest BCUT2D eigenvalue weighted by molar-refractivity contribution is -0.141. The normalized spacial score (nSPS) is 29.3. The van der Waals surface area contributed by atoms with Gasteiger partial charge >= 0.3 is 5.97 Å². The monoisotopic (exact) mass is 268 g/mol. The quantitative estimate of drug-likeness (QED) is 0.783. The van der Waals surface area contributed by atoms with Gasteiger partial charge in [0.2, 0.25) is 5.91 Å². The molecule has 1 saturated carbocycles. The number of rotatable bonds is 5. The molecule has 5 nitrogen and oxygen atoms in total. The topological polar surface area (TPSA) is 69.6 Å². The molecule has 0 spiro atoms. The summed E-state index contributed by atoms with van der Waals surface area (Å²) in [4.78, 5) is 25.3. The van der Waals surface area contributed by atoms with Gasteiger partial charge in [0.05, 0.1) is 5.92 Å². The molecule has 0 aromatic carbocycles. The van der Waals surface area contributed by atoms with Gasteiger partial charge in [-0.05, 0) is 52.1 Å². The van der Waals surface area contributed by atoms with E-state index in [1.165, 1.54) is 12.8 Å². The fourth-order valence-corrected chi connectivity index (χ4v) is 3.15. The van der Waals surface area contributed by atoms with E-state index in [1.807, 2.05) is 0 Å². The van der Waals surface area contributed by atoms with Crippen LogP contribution in [0.2, 0.25) is 0 Å². The number of carboxylic acids is 1. The molecule has 0 radical (unpaired) electrons. The molecular formula is C14H24N2O3. The Morgan fingerprint density at radius 2 is 1.89 bits per heavy atom. The van der Waals surface area contributed by atoms with Crippen molar-refractivity contribution in [2.45, 2.75) is 45.1 Å². The summed E-state index contributed by atoms with van der Waals surface area (Å²) in [6.45, 7) is 5.07. The number of aliphatic carboxylic acids is 1. The molecular weight excluding hydrogens is 244 g/mol. The smallest absolute Gasteiger partial charge is 0.306 e. The van der Waals surface area contributed by atoms with Crippen LogP contribution in [-0.2, 0) is 9.59 Å². The number of carbonyl (C=O) groups excluding carboxylic acids is 1. The molecule has 2 rings (SSSR count). The zero-order valence-electron chi connectivity index (χ0n) is 11.6. The van der Waals surface area contributed by atoms with Crippen molar-refractivity contribution < 1.29 is 14.7 Å². The third kappa shape index (κ3) is 3.69. The lowest BCUT2D eigenvalue weighted by Crippen LogP contribution is -2.42. The maximum absolute atomic E-state index is 12.0. The van der Waals surface area contributed by atoms with Crippen molar-refractivity contribution in [1.82, 2.24) is 10.2 Å². The van der Waals surface area contributed by atoms with Crippen LogP contribution in [0.15, 0.2) is 0 Å². The molecule has 1 amide bonds. The molecule has 0 aromatic heterocycles. The van der Waals surface area contributed by atoms with Gasteiger partial charge in [-0.25, -0.2) is 0 Å². The van der Waals surface area contributed by atoms with Crippen LogP contribution in [0.5, 0.6) is 0 Å². The summed E-state index contributed by atoms with van der Waals surface area (Å²) in [7, 11) is 0. The minimum atomic E-state index is -0.763. The first-order chi connectivity index (χ1) is 9.08. The minimum Gasteiger partial charge on any atom is -0.481 e. The summed E-state index contributed by atoms with van der Waals surface area (Å²) < 4.78 is 0. The number of nitrogens with one attached hydrogen (secondary N) is 1. The maximum atomic E-state index is 12.0. The minimum absolute atomic E-state index is 0.0368. The lowest BCUT2D eigenvalue weighted by Gasteiger charge is -2.24. The van der Waals surface area contributed by atoms with Crippen molar-refractivity contribution in [3.63, 3.8) is 0 Å². The van der Waals surface area contributed by atoms with Gasteiger partial charge in [0.1, 0.15) is 0 Å². The van der Waals surface area contributed by atoms with Crippen molar-refractivity contribution in [3.8, 4) is 0 Å². The number of likely N-dealkylation sites (tertiary alicyclic amines) is 1. The summed E-state index contributed by atoms with van der Waals surface area (Å²) in [5, 5.41) is 11.9. The van der Waals surface area contributed by atoms with E-state index < -0.39 is 5.97 Å². The molecule has 2 fully saturated rings. The second-order valence-corrected chi connectivity index (χ2v) is 5.88. The van der Waals surface area contributed by atoms with Crippen LogP contribution >= 0.6 is 0 Å². The molecule has 1 aliphatic heterocycles. The molecule has 3 unspecified atom stereocenters. The van der Waals surface area contributed by atoms with Gasteiger partial charge in [-0.1, -0.05) is 0 Å². The van der Waals surface area contributed by atoms with Crippen LogP contribution in [0.1, 0.15) is 39.0 Å². The SMILES string of the molecule is CC(CNC(=O)C1CCC(C(=O)O)C1)N1CCCC1. The Balaban J connectivity index is 1.71. The highest BCUT2D eigenvalue weighted by molar-refractivity contribution is 5.80. The van der Waals surface area contributed by atoms with Gasteiger partial charge in [0, 0.05) is 18.5 Å². The van der Waals surface area contributed by atoms with E-state index in [1.54, 1.807) is 0 Å². The molecule has 108 valence electrons. The first kappa shape index (κ1) is 14.3. The van der Waals surface area contributed by atoms with E-state index in [2.05, 4.69) is 17.1 Å². The van der Waals surface area contributed by atoms with Crippen LogP contribution in [0.3, 0.4) is 0 Å². The zero-order valence-corrected chi connectivity index (χ0v) is 11.6. The fourth-order valence-electron chi connectivity index (χ4n) is 3.15. The number of nitrogens with zero attached hydrogens (tertiary/aromatic N) is 1. The van der Waals surface area contributed by atoms with Crippen molar-refractivity contribution in [1.29, 1.82) is 0 Å². The largest absolute Gasteiger partial charge is 0.481 e. The highest BCUT2D eigenvalue weighted by Crippen LogP contribution is 2.31. The highest BCUT2D eigenvalue weighted by atomic mass is 16.4. The average molecular weight is 268 g/mol. The Hall–Kier alpha value is -1.10. The van der Waals surface area contributed by atoms with Crippen molar-refractivity contribution in [2.75, 3.05) is 19.6 Å². The fraction of sp³-hybridized carbons (Fsp3) is 0.857. The maximum Gasteiger partial charge on any atom is 0.306 e. The van der Waals surface area contributed by atoms with Crippen molar-refractivity contribution in [2.24, 2.45) is 11.8 Å². The Labute approximate surface area is 114 Å². The van der Waals surface area contributed by atoms with Crippen LogP contribution in [0.25, 0.3) is 0 Å². The van der Waals surface area contributed by atoms with Crippen LogP contribution in [0.4, 0.5) is 0 Å². The number of hydrogen-bond donors (Lipinski definition) is 2. The standard InChI is InChI=1S/C14H24N2O3/c1-10(16-6-2-3-7-16)9-15-13(17)11-4-5-12(8-11)14(18)19/h10-12H,2-9H2,1H3,(H,15,17)(H,18,19). The first-order valence-corrected chi connectivity index (χ1v) is 7.32.